The van der Waals surface area contributed by atoms with Crippen LogP contribution in [0, 0.1) is 0 Å². The predicted molar refractivity (Wildman–Crippen MR) is 74.6 cm³/mol. The third kappa shape index (κ3) is 8.11. The van der Waals surface area contributed by atoms with E-state index in [1.807, 2.05) is 0 Å². The lowest BCUT2D eigenvalue weighted by atomic mass is 10.2. The van der Waals surface area contributed by atoms with Crippen LogP contribution >= 0.6 is 0 Å². The second-order valence-corrected chi connectivity index (χ2v) is 4.79. The van der Waals surface area contributed by atoms with Gasteiger partial charge >= 0.3 is 5.97 Å². The minimum absolute atomic E-state index is 0.0233. The minimum Gasteiger partial charge on any atom is -0.463 e. The van der Waals surface area contributed by atoms with Crippen LogP contribution in [-0.4, -0.2) is 60.8 Å². The molecule has 0 rings (SSSR count). The van der Waals surface area contributed by atoms with Crippen LogP contribution in [0.2, 0.25) is 0 Å². The molecule has 0 heterocycles. The molecule has 0 spiro atoms. The number of Topliss-reactive ketones (excluding diaryl/α,β-unsaturated/α-hetero) is 1. The van der Waals surface area contributed by atoms with Gasteiger partial charge in [0.25, 0.3) is 0 Å². The Balaban J connectivity index is 4.20. The number of aliphatic hydroxyl groups excluding tert-OH is 2. The Morgan fingerprint density at radius 2 is 1.90 bits per heavy atom. The van der Waals surface area contributed by atoms with E-state index in [4.69, 9.17) is 14.2 Å². The van der Waals surface area contributed by atoms with Gasteiger partial charge in [-0.15, -0.1) is 0 Å². The SMILES string of the molecule is CC[C@@](CO)(OC)OC(CO)COC(=O)CCCC(C)=O. The molecule has 1 unspecified atom stereocenters. The smallest absolute Gasteiger partial charge is 0.305 e. The average molecular weight is 306 g/mol. The lowest BCUT2D eigenvalue weighted by Gasteiger charge is -2.32. The Hall–Kier alpha value is -1.02. The zero-order valence-corrected chi connectivity index (χ0v) is 13.0. The summed E-state index contributed by atoms with van der Waals surface area (Å²) in [7, 11) is 1.39. The maximum Gasteiger partial charge on any atom is 0.305 e. The molecule has 0 aromatic heterocycles. The summed E-state index contributed by atoms with van der Waals surface area (Å²) in [5.41, 5.74) is 0. The molecule has 0 radical (unpaired) electrons. The molecule has 0 saturated heterocycles. The molecule has 21 heavy (non-hydrogen) atoms. The molecule has 124 valence electrons. The molecule has 0 aliphatic rings. The van der Waals surface area contributed by atoms with Gasteiger partial charge in [-0.25, -0.2) is 0 Å². The number of esters is 1. The van der Waals surface area contributed by atoms with E-state index in [1.165, 1.54) is 14.0 Å². The molecule has 0 amide bonds. The summed E-state index contributed by atoms with van der Waals surface area (Å²) in [6, 6.07) is 0. The fraction of sp³-hybridized carbons (Fsp3) is 0.857. The van der Waals surface area contributed by atoms with Crippen LogP contribution in [0.1, 0.15) is 39.5 Å². The molecule has 0 bridgehead atoms. The van der Waals surface area contributed by atoms with Gasteiger partial charge in [0, 0.05) is 26.4 Å². The molecule has 0 aromatic rings. The minimum atomic E-state index is -1.21. The second-order valence-electron chi connectivity index (χ2n) is 4.79. The first kappa shape index (κ1) is 20.0. The topological polar surface area (TPSA) is 102 Å². The van der Waals surface area contributed by atoms with Gasteiger partial charge in [0.05, 0.1) is 13.2 Å². The fourth-order valence-electron chi connectivity index (χ4n) is 1.66. The number of hydrogen-bond donors (Lipinski definition) is 2. The van der Waals surface area contributed by atoms with E-state index in [0.717, 1.165) is 0 Å². The molecular formula is C14H26O7. The molecule has 0 aliphatic heterocycles. The van der Waals surface area contributed by atoms with Crippen LogP contribution in [0.25, 0.3) is 0 Å². The van der Waals surface area contributed by atoms with E-state index in [1.54, 1.807) is 6.92 Å². The molecule has 2 atom stereocenters. The molecule has 0 fully saturated rings. The maximum absolute atomic E-state index is 11.5. The average Bonchev–Trinajstić information content (AvgIpc) is 2.48. The third-order valence-electron chi connectivity index (χ3n) is 3.08. The zero-order chi connectivity index (χ0) is 16.3. The molecule has 7 nitrogen and oxygen atoms in total. The number of ether oxygens (including phenoxy) is 3. The van der Waals surface area contributed by atoms with Crippen LogP contribution < -0.4 is 0 Å². The summed E-state index contributed by atoms with van der Waals surface area (Å²) < 4.78 is 15.6. The van der Waals surface area contributed by atoms with Gasteiger partial charge in [-0.2, -0.15) is 0 Å². The summed E-state index contributed by atoms with van der Waals surface area (Å²) >= 11 is 0. The van der Waals surface area contributed by atoms with Crippen molar-refractivity contribution in [2.24, 2.45) is 0 Å². The predicted octanol–water partition coefficient (Wildman–Crippen LogP) is 0.411. The first-order chi connectivity index (χ1) is 9.92. The highest BCUT2D eigenvalue weighted by Crippen LogP contribution is 2.18. The third-order valence-corrected chi connectivity index (χ3v) is 3.08. The number of rotatable bonds is 12. The van der Waals surface area contributed by atoms with Gasteiger partial charge in [0.1, 0.15) is 18.5 Å². The van der Waals surface area contributed by atoms with Gasteiger partial charge in [-0.3, -0.25) is 4.79 Å². The van der Waals surface area contributed by atoms with E-state index in [2.05, 4.69) is 0 Å². The van der Waals surface area contributed by atoms with E-state index in [-0.39, 0.29) is 32.0 Å². The number of methoxy groups -OCH3 is 1. The van der Waals surface area contributed by atoms with Crippen molar-refractivity contribution >= 4 is 11.8 Å². The van der Waals surface area contributed by atoms with Crippen LogP contribution in [0.4, 0.5) is 0 Å². The molecule has 0 aromatic carbocycles. The van der Waals surface area contributed by atoms with Gasteiger partial charge in [-0.1, -0.05) is 6.92 Å². The summed E-state index contributed by atoms with van der Waals surface area (Å²) in [5.74, 6) is -1.65. The Morgan fingerprint density at radius 3 is 2.33 bits per heavy atom. The van der Waals surface area contributed by atoms with Crippen molar-refractivity contribution in [3.63, 3.8) is 0 Å². The van der Waals surface area contributed by atoms with E-state index in [0.29, 0.717) is 19.3 Å². The number of carbonyl (C=O) groups excluding carboxylic acids is 2. The lowest BCUT2D eigenvalue weighted by molar-refractivity contribution is -0.273. The summed E-state index contributed by atoms with van der Waals surface area (Å²) in [5, 5.41) is 18.5. The standard InChI is InChI=1S/C14H26O7/c1-4-14(10-16,19-3)21-12(8-15)9-20-13(18)7-5-6-11(2)17/h12,15-16H,4-10H2,1-3H3/t12?,14-/m1/s1. The molecule has 0 saturated carbocycles. The van der Waals surface area contributed by atoms with Crippen LogP contribution in [0.15, 0.2) is 0 Å². The molecule has 0 aliphatic carbocycles. The molecule has 7 heteroatoms. The highest BCUT2D eigenvalue weighted by atomic mass is 16.7. The van der Waals surface area contributed by atoms with Crippen molar-refractivity contribution in [1.82, 2.24) is 0 Å². The monoisotopic (exact) mass is 306 g/mol. The van der Waals surface area contributed by atoms with E-state index in [9.17, 15) is 19.8 Å². The summed E-state index contributed by atoms with van der Waals surface area (Å²) in [4.78, 5) is 22.2. The maximum atomic E-state index is 11.5. The summed E-state index contributed by atoms with van der Waals surface area (Å²) in [6.45, 7) is 2.35. The van der Waals surface area contributed by atoms with Crippen LogP contribution in [0.5, 0.6) is 0 Å². The Kier molecular flexibility index (Phi) is 10.2. The van der Waals surface area contributed by atoms with E-state index >= 15 is 0 Å². The number of aliphatic hydroxyl groups is 2. The van der Waals surface area contributed by atoms with Crippen LogP contribution in [0.3, 0.4) is 0 Å². The number of hydrogen-bond acceptors (Lipinski definition) is 7. The van der Waals surface area contributed by atoms with Crippen LogP contribution in [-0.2, 0) is 23.8 Å². The zero-order valence-electron chi connectivity index (χ0n) is 13.0. The largest absolute Gasteiger partial charge is 0.463 e. The van der Waals surface area contributed by atoms with Gasteiger partial charge in [-0.05, 0) is 13.3 Å². The fourth-order valence-corrected chi connectivity index (χ4v) is 1.66. The lowest BCUT2D eigenvalue weighted by Crippen LogP contribution is -2.44. The highest BCUT2D eigenvalue weighted by molar-refractivity contribution is 5.76. The van der Waals surface area contributed by atoms with Crippen molar-refractivity contribution in [2.45, 2.75) is 51.4 Å². The number of ketones is 1. The molecular weight excluding hydrogens is 280 g/mol. The first-order valence-electron chi connectivity index (χ1n) is 7.02. The summed E-state index contributed by atoms with van der Waals surface area (Å²) in [6.07, 6.45) is 0.507. The van der Waals surface area contributed by atoms with E-state index < -0.39 is 17.9 Å². The number of carbonyl (C=O) groups is 2. The van der Waals surface area contributed by atoms with Crippen molar-refractivity contribution in [2.75, 3.05) is 26.9 Å². The van der Waals surface area contributed by atoms with Crippen molar-refractivity contribution < 1.29 is 34.0 Å². The van der Waals surface area contributed by atoms with Crippen molar-refractivity contribution in [3.05, 3.63) is 0 Å². The van der Waals surface area contributed by atoms with Crippen molar-refractivity contribution in [3.8, 4) is 0 Å². The van der Waals surface area contributed by atoms with Gasteiger partial charge in [0.2, 0.25) is 0 Å². The normalized spacial score (nSPS) is 15.3. The second kappa shape index (κ2) is 10.7. The molecule has 2 N–H and O–H groups in total. The Bertz CT molecular complexity index is 304. The Morgan fingerprint density at radius 1 is 1.24 bits per heavy atom. The first-order valence-corrected chi connectivity index (χ1v) is 7.02. The van der Waals surface area contributed by atoms with Gasteiger partial charge < -0.3 is 29.2 Å². The highest BCUT2D eigenvalue weighted by Gasteiger charge is 2.31. The van der Waals surface area contributed by atoms with Crippen molar-refractivity contribution in [1.29, 1.82) is 0 Å². The Labute approximate surface area is 125 Å². The van der Waals surface area contributed by atoms with Gasteiger partial charge in [0.15, 0.2) is 5.79 Å². The quantitative estimate of drug-likeness (QED) is 0.398.